The van der Waals surface area contributed by atoms with Gasteiger partial charge in [-0.25, -0.2) is 0 Å². The Morgan fingerprint density at radius 2 is 1.50 bits per heavy atom. The number of hydrogen-bond acceptors (Lipinski definition) is 4. The highest BCUT2D eigenvalue weighted by Crippen LogP contribution is 2.26. The quantitative estimate of drug-likeness (QED) is 0.519. The molecule has 0 saturated carbocycles. The predicted octanol–water partition coefficient (Wildman–Crippen LogP) is 3.27. The summed E-state index contributed by atoms with van der Waals surface area (Å²) < 4.78 is 12.6. The predicted molar refractivity (Wildman–Crippen MR) is 91.1 cm³/mol. The van der Waals surface area contributed by atoms with Crippen LogP contribution in [0.3, 0.4) is 0 Å². The summed E-state index contributed by atoms with van der Waals surface area (Å²) >= 11 is 0. The fraction of sp³-hybridized carbons (Fsp3) is 0.769. The van der Waals surface area contributed by atoms with Crippen molar-refractivity contribution in [2.45, 2.75) is 64.4 Å². The van der Waals surface area contributed by atoms with Crippen LogP contribution in [0.4, 0.5) is 0 Å². The van der Waals surface area contributed by atoms with E-state index in [0.717, 1.165) is 0 Å². The van der Waals surface area contributed by atoms with Crippen molar-refractivity contribution in [1.82, 2.24) is 0 Å². The molecule has 0 saturated heterocycles. The Morgan fingerprint density at radius 3 is 1.80 bits per heavy atom. The molecule has 1 atom stereocenters. The third-order valence-corrected chi connectivity index (χ3v) is 12.0. The van der Waals surface area contributed by atoms with Crippen molar-refractivity contribution in [2.75, 3.05) is 0 Å². The third kappa shape index (κ3) is 8.98. The summed E-state index contributed by atoms with van der Waals surface area (Å²) in [5.41, 5.74) is 0. The number of hydrogen-bond donors (Lipinski definition) is 1. The first kappa shape index (κ1) is 19.9. The van der Waals surface area contributed by atoms with E-state index < -0.39 is 31.3 Å². The molecule has 0 aromatic carbocycles. The number of aliphatic hydroxyl groups excluding tert-OH is 1. The standard InChI is InChI=1S/C13H30O4Si3/c1-9-12(14)13(15)10-11-20(8,16-18(2,3)4)17-19(5,6)7/h9,13,15H,1,10-11H2,2-8H3. The molecule has 0 aliphatic rings. The number of carbonyl (C=O) groups is 1. The van der Waals surface area contributed by atoms with Crippen molar-refractivity contribution in [3.8, 4) is 0 Å². The maximum Gasteiger partial charge on any atom is 0.314 e. The van der Waals surface area contributed by atoms with E-state index in [0.29, 0.717) is 12.5 Å². The molecule has 0 fully saturated rings. The van der Waals surface area contributed by atoms with Gasteiger partial charge in [0.15, 0.2) is 22.4 Å². The zero-order valence-corrected chi connectivity index (χ0v) is 16.9. The monoisotopic (exact) mass is 334 g/mol. The molecule has 0 aliphatic heterocycles. The van der Waals surface area contributed by atoms with Gasteiger partial charge < -0.3 is 13.3 Å². The number of ketones is 1. The summed E-state index contributed by atoms with van der Waals surface area (Å²) in [5, 5.41) is 9.79. The van der Waals surface area contributed by atoms with Gasteiger partial charge in [0.1, 0.15) is 6.10 Å². The average molecular weight is 335 g/mol. The van der Waals surface area contributed by atoms with Crippen LogP contribution in [0.2, 0.25) is 51.9 Å². The van der Waals surface area contributed by atoms with Crippen molar-refractivity contribution in [2.24, 2.45) is 0 Å². The molecule has 0 bridgehead atoms. The zero-order valence-electron chi connectivity index (χ0n) is 13.9. The molecule has 0 heterocycles. The minimum absolute atomic E-state index is 0.331. The van der Waals surface area contributed by atoms with Crippen molar-refractivity contribution in [3.05, 3.63) is 12.7 Å². The minimum Gasteiger partial charge on any atom is -0.437 e. The van der Waals surface area contributed by atoms with Crippen LogP contribution < -0.4 is 0 Å². The highest BCUT2D eigenvalue weighted by atomic mass is 28.5. The average Bonchev–Trinajstić information content (AvgIpc) is 2.19. The van der Waals surface area contributed by atoms with E-state index in [4.69, 9.17) is 8.23 Å². The van der Waals surface area contributed by atoms with Crippen LogP contribution in [0.15, 0.2) is 12.7 Å². The van der Waals surface area contributed by atoms with Gasteiger partial charge in [0.25, 0.3) is 0 Å². The first-order valence-corrected chi connectivity index (χ1v) is 16.4. The Labute approximate surface area is 126 Å². The molecule has 20 heavy (non-hydrogen) atoms. The first-order chi connectivity index (χ1) is 8.78. The Hall–Kier alpha value is -0.0594. The van der Waals surface area contributed by atoms with E-state index >= 15 is 0 Å². The smallest absolute Gasteiger partial charge is 0.314 e. The van der Waals surface area contributed by atoms with Gasteiger partial charge in [0, 0.05) is 0 Å². The molecule has 7 heteroatoms. The van der Waals surface area contributed by atoms with Crippen LogP contribution in [0.1, 0.15) is 6.42 Å². The fourth-order valence-electron chi connectivity index (χ4n) is 2.10. The van der Waals surface area contributed by atoms with Gasteiger partial charge in [-0.3, -0.25) is 4.79 Å². The molecule has 4 nitrogen and oxygen atoms in total. The summed E-state index contributed by atoms with van der Waals surface area (Å²) in [5.74, 6) is -0.331. The number of aliphatic hydroxyl groups is 1. The normalized spacial score (nSPS) is 15.0. The van der Waals surface area contributed by atoms with Crippen molar-refractivity contribution < 1.29 is 18.1 Å². The van der Waals surface area contributed by atoms with Crippen molar-refractivity contribution >= 4 is 31.0 Å². The van der Waals surface area contributed by atoms with Crippen LogP contribution in [0.25, 0.3) is 0 Å². The maximum absolute atomic E-state index is 11.4. The lowest BCUT2D eigenvalue weighted by Crippen LogP contribution is -2.52. The number of carbonyl (C=O) groups excluding carboxylic acids is 1. The van der Waals surface area contributed by atoms with E-state index in [1.165, 1.54) is 6.08 Å². The largest absolute Gasteiger partial charge is 0.437 e. The topological polar surface area (TPSA) is 55.8 Å². The van der Waals surface area contributed by atoms with Crippen LogP contribution in [-0.2, 0) is 13.0 Å². The lowest BCUT2D eigenvalue weighted by Gasteiger charge is -2.38. The number of rotatable bonds is 9. The first-order valence-electron chi connectivity index (χ1n) is 7.03. The maximum atomic E-state index is 11.4. The molecule has 0 spiro atoms. The van der Waals surface area contributed by atoms with Gasteiger partial charge in [0.05, 0.1) is 0 Å². The van der Waals surface area contributed by atoms with Crippen LogP contribution in [-0.4, -0.2) is 42.2 Å². The lowest BCUT2D eigenvalue weighted by molar-refractivity contribution is -0.122. The second-order valence-corrected chi connectivity index (χ2v) is 20.1. The lowest BCUT2D eigenvalue weighted by atomic mass is 10.2. The van der Waals surface area contributed by atoms with Gasteiger partial charge in [-0.1, -0.05) is 6.58 Å². The summed E-state index contributed by atoms with van der Waals surface area (Å²) in [4.78, 5) is 11.4. The fourth-order valence-corrected chi connectivity index (χ4v) is 14.6. The van der Waals surface area contributed by atoms with Gasteiger partial charge in [0.2, 0.25) is 0 Å². The van der Waals surface area contributed by atoms with E-state index in [1.807, 2.05) is 0 Å². The van der Waals surface area contributed by atoms with Crippen LogP contribution in [0, 0.1) is 0 Å². The molecule has 1 unspecified atom stereocenters. The van der Waals surface area contributed by atoms with E-state index in [1.54, 1.807) is 0 Å². The molecule has 0 amide bonds. The molecule has 0 radical (unpaired) electrons. The summed E-state index contributed by atoms with van der Waals surface area (Å²) in [6, 6.07) is 0.627. The highest BCUT2D eigenvalue weighted by Gasteiger charge is 2.40. The van der Waals surface area contributed by atoms with Gasteiger partial charge in [-0.15, -0.1) is 0 Å². The molecule has 0 aromatic rings. The summed E-state index contributed by atoms with van der Waals surface area (Å²) in [6.07, 6.45) is 0.556. The van der Waals surface area contributed by atoms with Crippen molar-refractivity contribution in [1.29, 1.82) is 0 Å². The second-order valence-electron chi connectivity index (χ2n) is 7.22. The second kappa shape index (κ2) is 7.28. The summed E-state index contributed by atoms with van der Waals surface area (Å²) in [7, 11) is -5.82. The van der Waals surface area contributed by atoms with Crippen LogP contribution >= 0.6 is 0 Å². The van der Waals surface area contributed by atoms with E-state index in [-0.39, 0.29) is 5.78 Å². The van der Waals surface area contributed by atoms with E-state index in [9.17, 15) is 9.90 Å². The minimum atomic E-state index is -2.36. The molecular formula is C13H30O4Si3. The third-order valence-electron chi connectivity index (χ3n) is 2.45. The summed E-state index contributed by atoms with van der Waals surface area (Å²) in [6.45, 7) is 18.3. The molecular weight excluding hydrogens is 304 g/mol. The van der Waals surface area contributed by atoms with Crippen molar-refractivity contribution in [3.63, 3.8) is 0 Å². The molecule has 0 rings (SSSR count). The highest BCUT2D eigenvalue weighted by molar-refractivity contribution is 6.87. The Balaban J connectivity index is 4.86. The van der Waals surface area contributed by atoms with Gasteiger partial charge >= 0.3 is 8.56 Å². The zero-order chi connectivity index (χ0) is 16.2. The Bertz CT molecular complexity index is 329. The van der Waals surface area contributed by atoms with Gasteiger partial charge in [-0.05, 0) is 64.4 Å². The van der Waals surface area contributed by atoms with Gasteiger partial charge in [-0.2, -0.15) is 0 Å². The molecule has 118 valence electrons. The Morgan fingerprint density at radius 1 is 1.10 bits per heavy atom. The Kier molecular flexibility index (Phi) is 7.26. The molecule has 0 aromatic heterocycles. The van der Waals surface area contributed by atoms with Crippen LogP contribution in [0.5, 0.6) is 0 Å². The van der Waals surface area contributed by atoms with E-state index in [2.05, 4.69) is 52.4 Å². The SMILES string of the molecule is C=CC(=O)C(O)CC[Si](C)(O[Si](C)(C)C)O[Si](C)(C)C. The molecule has 0 aliphatic carbocycles. The molecule has 1 N–H and O–H groups in total.